The number of piperazine rings is 6. The summed E-state index contributed by atoms with van der Waals surface area (Å²) in [6.07, 6.45) is 34.6. The predicted octanol–water partition coefficient (Wildman–Crippen LogP) is 8.71. The molecule has 6 fully saturated rings. The van der Waals surface area contributed by atoms with Crippen molar-refractivity contribution in [1.82, 2.24) is 0 Å². The molecule has 6 saturated heterocycles. The second-order valence-corrected chi connectivity index (χ2v) is 16.7. The van der Waals surface area contributed by atoms with Crippen LogP contribution >= 0.6 is 0 Å². The molecule has 4 heteroatoms. The van der Waals surface area contributed by atoms with Gasteiger partial charge in [-0.2, -0.15) is 0 Å². The molecule has 0 aliphatic carbocycles. The minimum atomic E-state index is 1.32. The van der Waals surface area contributed by atoms with Crippen LogP contribution in [0, 0.1) is 0 Å². The Labute approximate surface area is 276 Å². The van der Waals surface area contributed by atoms with Gasteiger partial charge in [0.25, 0.3) is 0 Å². The van der Waals surface area contributed by atoms with Crippen LogP contribution in [-0.2, 0) is 0 Å². The van der Waals surface area contributed by atoms with E-state index in [1.807, 2.05) is 0 Å². The van der Waals surface area contributed by atoms with Crippen LogP contribution in [0.3, 0.4) is 0 Å². The van der Waals surface area contributed by atoms with Gasteiger partial charge in [-0.05, 0) is 37.8 Å². The molecule has 4 nitrogen and oxygen atoms in total. The number of unbranched alkanes of at least 4 members (excludes halogenated alkanes) is 18. The van der Waals surface area contributed by atoms with Gasteiger partial charge in [0, 0.05) is 0 Å². The van der Waals surface area contributed by atoms with E-state index in [2.05, 4.69) is 26.0 Å². The molecule has 6 rings (SSSR count). The third kappa shape index (κ3) is 11.7. The van der Waals surface area contributed by atoms with E-state index in [0.717, 1.165) is 0 Å². The van der Waals surface area contributed by atoms with E-state index in [1.54, 1.807) is 0 Å². The largest absolute Gasteiger partial charge is 0.310 e. The molecule has 0 spiro atoms. The van der Waals surface area contributed by atoms with Gasteiger partial charge in [-0.15, -0.1) is 0 Å². The van der Waals surface area contributed by atoms with Gasteiger partial charge in [0.2, 0.25) is 0 Å². The highest BCUT2D eigenvalue weighted by atomic mass is 15.5. The van der Waals surface area contributed by atoms with Gasteiger partial charge in [-0.1, -0.05) is 117 Å². The van der Waals surface area contributed by atoms with Crippen molar-refractivity contribution in [2.75, 3.05) is 105 Å². The van der Waals surface area contributed by atoms with E-state index in [4.69, 9.17) is 0 Å². The molecule has 4 bridgehead atoms. The topological polar surface area (TPSA) is 0 Å². The number of hydrogen-bond donors (Lipinski definition) is 0. The van der Waals surface area contributed by atoms with Gasteiger partial charge in [0.15, 0.2) is 0 Å². The molecule has 0 aromatic rings. The molecule has 0 unspecified atom stereocenters. The van der Waals surface area contributed by atoms with Crippen LogP contribution < -0.4 is 0 Å². The Morgan fingerprint density at radius 1 is 0.295 bits per heavy atom. The summed E-state index contributed by atoms with van der Waals surface area (Å²) in [5.74, 6) is 0. The zero-order valence-corrected chi connectivity index (χ0v) is 30.4. The monoisotopic (exact) mass is 617 g/mol. The summed E-state index contributed by atoms with van der Waals surface area (Å²) in [4.78, 5) is 0. The first-order valence-electron chi connectivity index (χ1n) is 20.6. The maximum atomic E-state index is 2.63. The van der Waals surface area contributed by atoms with Crippen molar-refractivity contribution in [3.63, 3.8) is 0 Å². The molecule has 256 valence electrons. The standard InChI is InChI=1S/C40H80N4/c1-3-5-7-9-11-13-15-17-19-21-25-41-29-35-43(36-30-41,37-31-41)27-23-24-28-44-38-32-42(33-39-44,34-40-44)26-22-20-18-16-14-12-10-8-6-4-2/h23-24H,3-22,25-40H2,1-2H3/q+4/b24-23+. The molecular weight excluding hydrogens is 536 g/mol. The molecule has 0 aromatic carbocycles. The molecule has 0 N–H and O–H groups in total. The van der Waals surface area contributed by atoms with Crippen molar-refractivity contribution in [3.8, 4) is 0 Å². The van der Waals surface area contributed by atoms with Crippen LogP contribution in [0.1, 0.15) is 142 Å². The number of hydrogen-bond acceptors (Lipinski definition) is 0. The fourth-order valence-electron chi connectivity index (χ4n) is 9.57. The maximum absolute atomic E-state index is 2.63. The maximum Gasteiger partial charge on any atom is 0.129 e. The minimum absolute atomic E-state index is 1.32. The molecule has 6 aliphatic heterocycles. The second-order valence-electron chi connectivity index (χ2n) is 16.7. The van der Waals surface area contributed by atoms with Crippen LogP contribution in [0.15, 0.2) is 12.2 Å². The fraction of sp³-hybridized carbons (Fsp3) is 0.950. The van der Waals surface area contributed by atoms with Crippen molar-refractivity contribution in [3.05, 3.63) is 12.2 Å². The van der Waals surface area contributed by atoms with Crippen LogP contribution in [0.25, 0.3) is 0 Å². The Bertz CT molecular complexity index is 677. The summed E-state index contributed by atoms with van der Waals surface area (Å²) in [5, 5.41) is 0. The predicted molar refractivity (Wildman–Crippen MR) is 192 cm³/mol. The molecule has 0 radical (unpaired) electrons. The Balaban J connectivity index is 1.02. The number of rotatable bonds is 26. The van der Waals surface area contributed by atoms with Crippen molar-refractivity contribution in [2.24, 2.45) is 0 Å². The zero-order valence-electron chi connectivity index (χ0n) is 30.4. The van der Waals surface area contributed by atoms with E-state index < -0.39 is 0 Å². The third-order valence-electron chi connectivity index (χ3n) is 13.4. The summed E-state index contributed by atoms with van der Waals surface area (Å²) >= 11 is 0. The van der Waals surface area contributed by atoms with Gasteiger partial charge >= 0.3 is 0 Å². The van der Waals surface area contributed by atoms with Crippen molar-refractivity contribution in [1.29, 1.82) is 0 Å². The average Bonchev–Trinajstić information content (AvgIpc) is 3.07. The Morgan fingerprint density at radius 2 is 0.523 bits per heavy atom. The van der Waals surface area contributed by atoms with Gasteiger partial charge in [-0.3, -0.25) is 0 Å². The molecule has 0 atom stereocenters. The lowest BCUT2D eigenvalue weighted by molar-refractivity contribution is -1.08. The number of quaternary nitrogens is 4. The molecular formula is C40H80N4+4. The fourth-order valence-corrected chi connectivity index (χ4v) is 9.57. The van der Waals surface area contributed by atoms with Crippen LogP contribution in [-0.4, -0.2) is 123 Å². The highest BCUT2D eigenvalue weighted by molar-refractivity contribution is 4.84. The van der Waals surface area contributed by atoms with E-state index in [9.17, 15) is 0 Å². The van der Waals surface area contributed by atoms with Gasteiger partial charge in [0.05, 0.1) is 26.2 Å². The van der Waals surface area contributed by atoms with Crippen molar-refractivity contribution < 1.29 is 17.9 Å². The highest BCUT2D eigenvalue weighted by Crippen LogP contribution is 2.29. The van der Waals surface area contributed by atoms with Crippen molar-refractivity contribution in [2.45, 2.75) is 142 Å². The zero-order chi connectivity index (χ0) is 30.9. The minimum Gasteiger partial charge on any atom is -0.310 e. The summed E-state index contributed by atoms with van der Waals surface area (Å²) < 4.78 is 5.76. The Morgan fingerprint density at radius 3 is 0.795 bits per heavy atom. The molecule has 0 aromatic heterocycles. The lowest BCUT2D eigenvalue weighted by Crippen LogP contribution is -2.75. The first-order valence-corrected chi connectivity index (χ1v) is 20.6. The molecule has 6 aliphatic rings. The van der Waals surface area contributed by atoms with Crippen LogP contribution in [0.2, 0.25) is 0 Å². The smallest absolute Gasteiger partial charge is 0.129 e. The number of nitrogens with zero attached hydrogens (tertiary/aromatic N) is 4. The first-order chi connectivity index (χ1) is 21.6. The van der Waals surface area contributed by atoms with E-state index >= 15 is 0 Å². The molecule has 44 heavy (non-hydrogen) atoms. The highest BCUT2D eigenvalue weighted by Gasteiger charge is 2.49. The normalized spacial score (nSPS) is 31.4. The quantitative estimate of drug-likeness (QED) is 0.0518. The first kappa shape index (κ1) is 36.4. The summed E-state index contributed by atoms with van der Waals surface area (Å²) in [5.41, 5.74) is 0. The second kappa shape index (κ2) is 19.4. The summed E-state index contributed by atoms with van der Waals surface area (Å²) in [6.45, 7) is 27.7. The summed E-state index contributed by atoms with van der Waals surface area (Å²) in [6, 6.07) is 0. The van der Waals surface area contributed by atoms with Crippen LogP contribution in [0.4, 0.5) is 0 Å². The van der Waals surface area contributed by atoms with Crippen molar-refractivity contribution >= 4 is 0 Å². The van der Waals surface area contributed by atoms with Crippen LogP contribution in [0.5, 0.6) is 0 Å². The lowest BCUT2D eigenvalue weighted by Gasteiger charge is -2.56. The van der Waals surface area contributed by atoms with Gasteiger partial charge in [-0.25, -0.2) is 0 Å². The van der Waals surface area contributed by atoms with Gasteiger partial charge in [0.1, 0.15) is 78.5 Å². The SMILES string of the molecule is CCCCCCCCCCCC[N+]12CC[N+](C/C=C/C[N+]34CC[N+](CCCCCCCCCCCC)(CC3)CC4)(CC1)CC2. The molecule has 6 heterocycles. The molecule has 0 saturated carbocycles. The third-order valence-corrected chi connectivity index (χ3v) is 13.4. The van der Waals surface area contributed by atoms with Gasteiger partial charge < -0.3 is 17.9 Å². The Hall–Kier alpha value is -0.420. The molecule has 0 amide bonds. The van der Waals surface area contributed by atoms with E-state index in [1.165, 1.54) is 251 Å². The average molecular weight is 617 g/mol. The van der Waals surface area contributed by atoms with E-state index in [0.29, 0.717) is 0 Å². The van der Waals surface area contributed by atoms with E-state index in [-0.39, 0.29) is 0 Å². The Kier molecular flexibility index (Phi) is 16.1. The summed E-state index contributed by atoms with van der Waals surface area (Å²) in [7, 11) is 0. The number of fused-ring (bicyclic) bond motifs is 6. The lowest BCUT2D eigenvalue weighted by atomic mass is 10.0.